The molecule has 0 aliphatic rings. The molecule has 0 aliphatic heterocycles. The Morgan fingerprint density at radius 2 is 2.12 bits per heavy atom. The fourth-order valence-electron chi connectivity index (χ4n) is 1.59. The number of benzene rings is 1. The van der Waals surface area contributed by atoms with Crippen LogP contribution in [-0.2, 0) is 11.2 Å². The Hall–Kier alpha value is -0.900. The zero-order valence-electron chi connectivity index (χ0n) is 10.1. The highest BCUT2D eigenvalue weighted by Gasteiger charge is 2.27. The second kappa shape index (κ2) is 5.17. The minimum atomic E-state index is -1.04. The van der Waals surface area contributed by atoms with Crippen LogP contribution in [0.5, 0.6) is 0 Å². The molecule has 1 rings (SSSR count). The number of carbonyl (C=O) groups is 1. The van der Waals surface area contributed by atoms with Crippen molar-refractivity contribution < 1.29 is 14.3 Å². The average Bonchev–Trinajstić information content (AvgIpc) is 2.15. The number of rotatable bonds is 4. The third-order valence-corrected chi connectivity index (χ3v) is 3.41. The molecule has 2 nitrogen and oxygen atoms in total. The molecule has 0 radical (unpaired) electrons. The van der Waals surface area contributed by atoms with Crippen molar-refractivity contribution in [3.05, 3.63) is 33.8 Å². The van der Waals surface area contributed by atoms with Gasteiger partial charge in [-0.25, -0.2) is 4.39 Å². The van der Waals surface area contributed by atoms with Gasteiger partial charge in [0, 0.05) is 4.47 Å². The van der Waals surface area contributed by atoms with E-state index in [2.05, 4.69) is 15.9 Å². The van der Waals surface area contributed by atoms with Crippen LogP contribution in [-0.4, -0.2) is 11.1 Å². The van der Waals surface area contributed by atoms with Crippen molar-refractivity contribution in [3.63, 3.8) is 0 Å². The smallest absolute Gasteiger partial charge is 0.309 e. The summed E-state index contributed by atoms with van der Waals surface area (Å²) in [6.45, 7) is 4.82. The van der Waals surface area contributed by atoms with Crippen LogP contribution < -0.4 is 0 Å². The summed E-state index contributed by atoms with van der Waals surface area (Å²) >= 11 is 3.30. The molecule has 4 heteroatoms. The van der Waals surface area contributed by atoms with Crippen LogP contribution in [0, 0.1) is 5.41 Å². The molecule has 0 amide bonds. The molecule has 0 saturated heterocycles. The largest absolute Gasteiger partial charge is 0.481 e. The van der Waals surface area contributed by atoms with Crippen LogP contribution in [0.3, 0.4) is 0 Å². The Morgan fingerprint density at radius 3 is 2.53 bits per heavy atom. The molecule has 0 spiro atoms. The van der Waals surface area contributed by atoms with E-state index in [-0.39, 0.29) is 0 Å². The van der Waals surface area contributed by atoms with E-state index in [0.717, 1.165) is 5.56 Å². The molecule has 0 aromatic heterocycles. The molecule has 1 N–H and O–H groups in total. The number of carboxylic acid groups (broad SMARTS) is 1. The lowest BCUT2D eigenvalue weighted by Gasteiger charge is -2.19. The first kappa shape index (κ1) is 14.2. The number of alkyl halides is 1. The lowest BCUT2D eigenvalue weighted by molar-refractivity contribution is -0.146. The monoisotopic (exact) mass is 302 g/mol. The molecule has 0 aliphatic carbocycles. The van der Waals surface area contributed by atoms with Crippen molar-refractivity contribution in [1.82, 2.24) is 0 Å². The maximum Gasteiger partial charge on any atom is 0.309 e. The Morgan fingerprint density at radius 1 is 1.53 bits per heavy atom. The predicted octanol–water partition coefficient (Wildman–Crippen LogP) is 4.13. The Labute approximate surface area is 109 Å². The minimum Gasteiger partial charge on any atom is -0.481 e. The summed E-state index contributed by atoms with van der Waals surface area (Å²) in [7, 11) is 0. The van der Waals surface area contributed by atoms with E-state index in [0.29, 0.717) is 16.5 Å². The van der Waals surface area contributed by atoms with Gasteiger partial charge in [0.2, 0.25) is 0 Å². The summed E-state index contributed by atoms with van der Waals surface area (Å²) in [6, 6.07) is 5.26. The van der Waals surface area contributed by atoms with Gasteiger partial charge in [-0.2, -0.15) is 0 Å². The first-order valence-corrected chi connectivity index (χ1v) is 6.19. The highest BCUT2D eigenvalue weighted by molar-refractivity contribution is 9.10. The maximum atomic E-state index is 13.2. The van der Waals surface area contributed by atoms with Crippen molar-refractivity contribution in [3.8, 4) is 0 Å². The number of aliphatic carboxylic acids is 1. The van der Waals surface area contributed by atoms with Crippen molar-refractivity contribution in [2.45, 2.75) is 33.4 Å². The zero-order chi connectivity index (χ0) is 13.2. The molecule has 0 heterocycles. The normalized spacial score (nSPS) is 13.5. The third kappa shape index (κ3) is 3.53. The summed E-state index contributed by atoms with van der Waals surface area (Å²) < 4.78 is 13.9. The molecular weight excluding hydrogens is 287 g/mol. The summed E-state index contributed by atoms with van der Waals surface area (Å²) in [5.74, 6) is -0.837. The molecule has 94 valence electrons. The Balaban J connectivity index is 2.96. The number of halogens is 2. The van der Waals surface area contributed by atoms with Crippen LogP contribution in [0.25, 0.3) is 0 Å². The molecule has 17 heavy (non-hydrogen) atoms. The van der Waals surface area contributed by atoms with Crippen LogP contribution in [0.1, 0.15) is 38.1 Å². The van der Waals surface area contributed by atoms with Crippen LogP contribution in [0.2, 0.25) is 0 Å². The van der Waals surface area contributed by atoms with Gasteiger partial charge in [0.05, 0.1) is 5.41 Å². The molecule has 0 saturated carbocycles. The van der Waals surface area contributed by atoms with Crippen LogP contribution in [0.15, 0.2) is 22.7 Å². The van der Waals surface area contributed by atoms with E-state index in [1.54, 1.807) is 32.0 Å². The second-order valence-electron chi connectivity index (χ2n) is 4.84. The lowest BCUT2D eigenvalue weighted by atomic mass is 9.85. The highest BCUT2D eigenvalue weighted by Crippen LogP contribution is 2.29. The predicted molar refractivity (Wildman–Crippen MR) is 68.8 cm³/mol. The molecule has 1 atom stereocenters. The van der Waals surface area contributed by atoms with Gasteiger partial charge in [-0.1, -0.05) is 28.1 Å². The topological polar surface area (TPSA) is 37.3 Å². The number of carboxylic acids is 1. The summed E-state index contributed by atoms with van der Waals surface area (Å²) in [5, 5.41) is 9.04. The van der Waals surface area contributed by atoms with E-state index in [1.807, 2.05) is 0 Å². The average molecular weight is 303 g/mol. The van der Waals surface area contributed by atoms with Gasteiger partial charge < -0.3 is 5.11 Å². The SMILES string of the molecule is CC(F)c1ccc(CC(C)(C)C(=O)O)cc1Br. The van der Waals surface area contributed by atoms with Gasteiger partial charge in [-0.05, 0) is 44.4 Å². The minimum absolute atomic E-state index is 0.419. The van der Waals surface area contributed by atoms with E-state index in [1.165, 1.54) is 6.92 Å². The molecule has 1 aromatic rings. The second-order valence-corrected chi connectivity index (χ2v) is 5.69. The van der Waals surface area contributed by atoms with E-state index in [9.17, 15) is 9.18 Å². The van der Waals surface area contributed by atoms with Crippen LogP contribution in [0.4, 0.5) is 4.39 Å². The summed E-state index contributed by atoms with van der Waals surface area (Å²) in [6.07, 6.45) is -0.618. The van der Waals surface area contributed by atoms with Gasteiger partial charge >= 0.3 is 5.97 Å². The first-order chi connectivity index (χ1) is 7.74. The Bertz CT molecular complexity index is 427. The molecule has 0 fully saturated rings. The van der Waals surface area contributed by atoms with Gasteiger partial charge in [0.1, 0.15) is 6.17 Å². The van der Waals surface area contributed by atoms with Crippen molar-refractivity contribution in [2.75, 3.05) is 0 Å². The quantitative estimate of drug-likeness (QED) is 0.908. The van der Waals surface area contributed by atoms with E-state index < -0.39 is 17.6 Å². The number of hydrogen-bond acceptors (Lipinski definition) is 1. The first-order valence-electron chi connectivity index (χ1n) is 5.40. The van der Waals surface area contributed by atoms with Crippen LogP contribution >= 0.6 is 15.9 Å². The van der Waals surface area contributed by atoms with E-state index >= 15 is 0 Å². The molecule has 1 unspecified atom stereocenters. The molecule has 0 bridgehead atoms. The molecular formula is C13H16BrFO2. The summed E-state index contributed by atoms with van der Waals surface area (Å²) in [4.78, 5) is 11.0. The van der Waals surface area contributed by atoms with Gasteiger partial charge in [0.25, 0.3) is 0 Å². The van der Waals surface area contributed by atoms with Crippen molar-refractivity contribution in [2.24, 2.45) is 5.41 Å². The van der Waals surface area contributed by atoms with Crippen molar-refractivity contribution in [1.29, 1.82) is 0 Å². The number of hydrogen-bond donors (Lipinski definition) is 1. The fraction of sp³-hybridized carbons (Fsp3) is 0.462. The van der Waals surface area contributed by atoms with Gasteiger partial charge in [0.15, 0.2) is 0 Å². The Kier molecular flexibility index (Phi) is 4.31. The fourth-order valence-corrected chi connectivity index (χ4v) is 2.33. The van der Waals surface area contributed by atoms with Crippen molar-refractivity contribution >= 4 is 21.9 Å². The lowest BCUT2D eigenvalue weighted by Crippen LogP contribution is -2.26. The maximum absolute atomic E-state index is 13.2. The summed E-state index contributed by atoms with van der Waals surface area (Å²) in [5.41, 5.74) is 0.651. The van der Waals surface area contributed by atoms with Gasteiger partial charge in [-0.15, -0.1) is 0 Å². The van der Waals surface area contributed by atoms with Gasteiger partial charge in [-0.3, -0.25) is 4.79 Å². The third-order valence-electron chi connectivity index (χ3n) is 2.72. The molecule has 1 aromatic carbocycles. The zero-order valence-corrected chi connectivity index (χ0v) is 11.7. The standard InChI is InChI=1S/C13H16BrFO2/c1-8(15)10-5-4-9(6-11(10)14)7-13(2,3)12(16)17/h4-6,8H,7H2,1-3H3,(H,16,17). The van der Waals surface area contributed by atoms with E-state index in [4.69, 9.17) is 5.11 Å². The highest BCUT2D eigenvalue weighted by atomic mass is 79.9.